The summed E-state index contributed by atoms with van der Waals surface area (Å²) in [4.78, 5) is 11.5. The van der Waals surface area contributed by atoms with Crippen LogP contribution in [0, 0.1) is 0 Å². The summed E-state index contributed by atoms with van der Waals surface area (Å²) in [7, 11) is 0. The highest BCUT2D eigenvalue weighted by atomic mass is 79.9. The minimum Gasteiger partial charge on any atom is -0.348 e. The van der Waals surface area contributed by atoms with E-state index in [2.05, 4.69) is 26.6 Å². The van der Waals surface area contributed by atoms with E-state index in [1.165, 1.54) is 0 Å². The van der Waals surface area contributed by atoms with Crippen LogP contribution in [0.3, 0.4) is 0 Å². The van der Waals surface area contributed by atoms with Gasteiger partial charge in [0.2, 0.25) is 5.91 Å². The molecule has 0 aliphatic rings. The van der Waals surface area contributed by atoms with Crippen LogP contribution in [0.5, 0.6) is 0 Å². The number of rotatable bonds is 5. The van der Waals surface area contributed by atoms with Crippen LogP contribution in [0.2, 0.25) is 0 Å². The molecule has 1 aromatic rings. The number of carbonyl (C=O) groups excluding carboxylic acids is 1. The molecule has 0 bridgehead atoms. The van der Waals surface area contributed by atoms with Gasteiger partial charge in [0, 0.05) is 4.47 Å². The molecule has 1 rings (SSSR count). The maximum Gasteiger partial charge on any atom is 0.234 e. The number of nitrogens with one attached hydrogen (secondary N) is 2. The normalized spacial score (nSPS) is 12.2. The highest BCUT2D eigenvalue weighted by Crippen LogP contribution is 2.16. The van der Waals surface area contributed by atoms with E-state index in [1.54, 1.807) is 0 Å². The van der Waals surface area contributed by atoms with Gasteiger partial charge in [0.15, 0.2) is 0 Å². The van der Waals surface area contributed by atoms with E-state index in [0.717, 1.165) is 16.6 Å². The Morgan fingerprint density at radius 2 is 2.00 bits per heavy atom. The zero-order valence-corrected chi connectivity index (χ0v) is 11.2. The number of likely N-dealkylation sites (N-methyl/N-ethyl adjacent to an activating group) is 1. The summed E-state index contributed by atoms with van der Waals surface area (Å²) in [6.07, 6.45) is 0. The van der Waals surface area contributed by atoms with Crippen molar-refractivity contribution in [3.63, 3.8) is 0 Å². The van der Waals surface area contributed by atoms with E-state index in [-0.39, 0.29) is 11.9 Å². The maximum absolute atomic E-state index is 11.5. The van der Waals surface area contributed by atoms with Crippen LogP contribution in [0.4, 0.5) is 0 Å². The molecule has 88 valence electrons. The molecule has 0 aromatic heterocycles. The Morgan fingerprint density at radius 3 is 2.56 bits per heavy atom. The topological polar surface area (TPSA) is 41.1 Å². The Morgan fingerprint density at radius 1 is 1.38 bits per heavy atom. The SMILES string of the molecule is CCNCC(=O)N[C@H](C)c1ccc(Br)cc1. The smallest absolute Gasteiger partial charge is 0.234 e. The summed E-state index contributed by atoms with van der Waals surface area (Å²) in [5.74, 6) is 0.0252. The van der Waals surface area contributed by atoms with Gasteiger partial charge < -0.3 is 10.6 Å². The second-order valence-electron chi connectivity index (χ2n) is 3.62. The second kappa shape index (κ2) is 6.66. The fraction of sp³-hybridized carbons (Fsp3) is 0.417. The maximum atomic E-state index is 11.5. The molecule has 0 spiro atoms. The molecule has 0 saturated carbocycles. The first-order valence-electron chi connectivity index (χ1n) is 5.39. The van der Waals surface area contributed by atoms with Gasteiger partial charge in [-0.25, -0.2) is 0 Å². The molecule has 2 N–H and O–H groups in total. The Bertz CT molecular complexity index is 337. The molecular weight excluding hydrogens is 268 g/mol. The molecule has 16 heavy (non-hydrogen) atoms. The largest absolute Gasteiger partial charge is 0.348 e. The van der Waals surface area contributed by atoms with E-state index in [0.29, 0.717) is 6.54 Å². The molecule has 0 aliphatic heterocycles. The fourth-order valence-electron chi connectivity index (χ4n) is 1.37. The summed E-state index contributed by atoms with van der Waals surface area (Å²) >= 11 is 3.38. The summed E-state index contributed by atoms with van der Waals surface area (Å²) in [6.45, 7) is 5.13. The van der Waals surface area contributed by atoms with Gasteiger partial charge >= 0.3 is 0 Å². The lowest BCUT2D eigenvalue weighted by molar-refractivity contribution is -0.120. The fourth-order valence-corrected chi connectivity index (χ4v) is 1.63. The number of hydrogen-bond donors (Lipinski definition) is 2. The van der Waals surface area contributed by atoms with Crippen molar-refractivity contribution in [2.45, 2.75) is 19.9 Å². The van der Waals surface area contributed by atoms with Gasteiger partial charge in [0.1, 0.15) is 0 Å². The van der Waals surface area contributed by atoms with Gasteiger partial charge in [-0.2, -0.15) is 0 Å². The second-order valence-corrected chi connectivity index (χ2v) is 4.54. The van der Waals surface area contributed by atoms with Crippen LogP contribution in [0.15, 0.2) is 28.7 Å². The first kappa shape index (κ1) is 13.2. The van der Waals surface area contributed by atoms with Crippen molar-refractivity contribution < 1.29 is 4.79 Å². The van der Waals surface area contributed by atoms with Crippen LogP contribution >= 0.6 is 15.9 Å². The van der Waals surface area contributed by atoms with Gasteiger partial charge in [0.05, 0.1) is 12.6 Å². The van der Waals surface area contributed by atoms with Gasteiger partial charge in [0.25, 0.3) is 0 Å². The average Bonchev–Trinajstić information content (AvgIpc) is 2.27. The van der Waals surface area contributed by atoms with Crippen molar-refractivity contribution in [3.05, 3.63) is 34.3 Å². The third-order valence-electron chi connectivity index (χ3n) is 2.28. The first-order chi connectivity index (χ1) is 7.63. The number of benzene rings is 1. The van der Waals surface area contributed by atoms with Crippen LogP contribution in [-0.2, 0) is 4.79 Å². The van der Waals surface area contributed by atoms with Crippen molar-refractivity contribution >= 4 is 21.8 Å². The first-order valence-corrected chi connectivity index (χ1v) is 6.18. The summed E-state index contributed by atoms with van der Waals surface area (Å²) in [5, 5.41) is 5.93. The minimum absolute atomic E-state index is 0.0252. The predicted octanol–water partition coefficient (Wildman–Crippen LogP) is 2.24. The van der Waals surface area contributed by atoms with Crippen LogP contribution in [0.1, 0.15) is 25.5 Å². The highest BCUT2D eigenvalue weighted by molar-refractivity contribution is 9.10. The van der Waals surface area contributed by atoms with E-state index in [4.69, 9.17) is 0 Å². The van der Waals surface area contributed by atoms with Crippen molar-refractivity contribution in [1.29, 1.82) is 0 Å². The van der Waals surface area contributed by atoms with Crippen molar-refractivity contribution in [2.24, 2.45) is 0 Å². The molecule has 0 unspecified atom stereocenters. The number of hydrogen-bond acceptors (Lipinski definition) is 2. The molecule has 0 saturated heterocycles. The monoisotopic (exact) mass is 284 g/mol. The minimum atomic E-state index is 0.0252. The molecule has 0 radical (unpaired) electrons. The Balaban J connectivity index is 2.48. The Labute approximate surface area is 105 Å². The molecule has 1 atom stereocenters. The molecule has 1 amide bonds. The molecule has 3 nitrogen and oxygen atoms in total. The number of amides is 1. The Hall–Kier alpha value is -0.870. The standard InChI is InChI=1S/C12H17BrN2O/c1-3-14-8-12(16)15-9(2)10-4-6-11(13)7-5-10/h4-7,9,14H,3,8H2,1-2H3,(H,15,16)/t9-/m1/s1. The quantitative estimate of drug-likeness (QED) is 0.871. The van der Waals surface area contributed by atoms with Crippen molar-refractivity contribution in [1.82, 2.24) is 10.6 Å². The average molecular weight is 285 g/mol. The molecule has 4 heteroatoms. The van der Waals surface area contributed by atoms with Crippen LogP contribution < -0.4 is 10.6 Å². The third-order valence-corrected chi connectivity index (χ3v) is 2.81. The Kier molecular flexibility index (Phi) is 5.49. The lowest BCUT2D eigenvalue weighted by Crippen LogP contribution is -2.35. The van der Waals surface area contributed by atoms with E-state index in [1.807, 2.05) is 38.1 Å². The van der Waals surface area contributed by atoms with Gasteiger partial charge in [-0.15, -0.1) is 0 Å². The molecule has 0 aliphatic carbocycles. The summed E-state index contributed by atoms with van der Waals surface area (Å²) in [5.41, 5.74) is 1.10. The number of halogens is 1. The van der Waals surface area contributed by atoms with Crippen LogP contribution in [0.25, 0.3) is 0 Å². The third kappa shape index (κ3) is 4.33. The van der Waals surface area contributed by atoms with Gasteiger partial charge in [-0.3, -0.25) is 4.79 Å². The highest BCUT2D eigenvalue weighted by Gasteiger charge is 2.08. The molecule has 0 fully saturated rings. The van der Waals surface area contributed by atoms with Crippen molar-refractivity contribution in [2.75, 3.05) is 13.1 Å². The predicted molar refractivity (Wildman–Crippen MR) is 69.2 cm³/mol. The summed E-state index contributed by atoms with van der Waals surface area (Å²) in [6, 6.07) is 7.99. The van der Waals surface area contributed by atoms with Crippen molar-refractivity contribution in [3.8, 4) is 0 Å². The number of carbonyl (C=O) groups is 1. The van der Waals surface area contributed by atoms with Gasteiger partial charge in [-0.05, 0) is 31.2 Å². The zero-order chi connectivity index (χ0) is 12.0. The molecular formula is C12H17BrN2O. The van der Waals surface area contributed by atoms with E-state index in [9.17, 15) is 4.79 Å². The van der Waals surface area contributed by atoms with Gasteiger partial charge in [-0.1, -0.05) is 35.0 Å². The zero-order valence-electron chi connectivity index (χ0n) is 9.59. The van der Waals surface area contributed by atoms with E-state index < -0.39 is 0 Å². The van der Waals surface area contributed by atoms with E-state index >= 15 is 0 Å². The lowest BCUT2D eigenvalue weighted by atomic mass is 10.1. The van der Waals surface area contributed by atoms with Crippen LogP contribution in [-0.4, -0.2) is 19.0 Å². The molecule has 0 heterocycles. The summed E-state index contributed by atoms with van der Waals surface area (Å²) < 4.78 is 1.04. The molecule has 1 aromatic carbocycles. The lowest BCUT2D eigenvalue weighted by Gasteiger charge is -2.14.